The molecule has 0 radical (unpaired) electrons. The third-order valence-corrected chi connectivity index (χ3v) is 5.82. The number of nitrogens with zero attached hydrogens (tertiary/aromatic N) is 2. The second-order valence-electron chi connectivity index (χ2n) is 6.47. The molecular formula is C19H17N2O3S-. The van der Waals surface area contributed by atoms with E-state index in [0.29, 0.717) is 10.2 Å². The summed E-state index contributed by atoms with van der Waals surface area (Å²) in [6.07, 6.45) is 5.88. The van der Waals surface area contributed by atoms with Crippen molar-refractivity contribution in [2.45, 2.75) is 38.6 Å². The first-order chi connectivity index (χ1) is 12.1. The monoisotopic (exact) mass is 353 g/mol. The van der Waals surface area contributed by atoms with Gasteiger partial charge in [-0.3, -0.25) is 9.36 Å². The second-order valence-corrected chi connectivity index (χ2v) is 7.33. The molecule has 0 saturated heterocycles. The predicted molar refractivity (Wildman–Crippen MR) is 95.7 cm³/mol. The summed E-state index contributed by atoms with van der Waals surface area (Å²) in [6, 6.07) is 5.30. The van der Waals surface area contributed by atoms with Gasteiger partial charge in [-0.15, -0.1) is 11.3 Å². The highest BCUT2D eigenvalue weighted by Crippen LogP contribution is 2.33. The molecule has 25 heavy (non-hydrogen) atoms. The Hall–Kier alpha value is -2.47. The van der Waals surface area contributed by atoms with Crippen LogP contribution in [0.25, 0.3) is 21.3 Å². The van der Waals surface area contributed by atoms with Crippen molar-refractivity contribution in [3.8, 4) is 11.1 Å². The molecule has 0 spiro atoms. The molecule has 0 saturated carbocycles. The number of benzene rings is 1. The molecule has 3 aromatic rings. The molecule has 0 fully saturated rings. The minimum absolute atomic E-state index is 0.337. The van der Waals surface area contributed by atoms with E-state index in [9.17, 15) is 14.7 Å². The molecule has 0 N–H and O–H groups in total. The number of carboxylic acids is 1. The molecule has 1 atom stereocenters. The molecule has 128 valence electrons. The molecule has 4 rings (SSSR count). The minimum Gasteiger partial charge on any atom is -0.548 e. The van der Waals surface area contributed by atoms with Crippen molar-refractivity contribution in [3.63, 3.8) is 0 Å². The molecular weight excluding hydrogens is 336 g/mol. The third kappa shape index (κ3) is 2.66. The van der Waals surface area contributed by atoms with Crippen molar-refractivity contribution in [2.75, 3.05) is 0 Å². The molecule has 2 heterocycles. The number of carboxylic acid groups (broad SMARTS) is 1. The number of aryl methyl sites for hydroxylation is 2. The van der Waals surface area contributed by atoms with Crippen molar-refractivity contribution < 1.29 is 9.90 Å². The molecule has 1 aromatic carbocycles. The summed E-state index contributed by atoms with van der Waals surface area (Å²) < 4.78 is 1.13. The van der Waals surface area contributed by atoms with Gasteiger partial charge in [0.05, 0.1) is 23.7 Å². The van der Waals surface area contributed by atoms with E-state index in [2.05, 4.69) is 17.1 Å². The van der Waals surface area contributed by atoms with E-state index in [1.54, 1.807) is 0 Å². The largest absolute Gasteiger partial charge is 0.548 e. The fourth-order valence-electron chi connectivity index (χ4n) is 3.45. The average molecular weight is 353 g/mol. The lowest BCUT2D eigenvalue weighted by Gasteiger charge is -2.17. The molecule has 0 amide bonds. The fraction of sp³-hybridized carbons (Fsp3) is 0.316. The highest BCUT2D eigenvalue weighted by Gasteiger charge is 2.17. The SMILES string of the molecule is C[C@H](C(=O)[O-])n1cnc2scc(-c3ccc4c(c3)CCCC4)c2c1=O. The van der Waals surface area contributed by atoms with Gasteiger partial charge < -0.3 is 9.90 Å². The van der Waals surface area contributed by atoms with Crippen LogP contribution in [0.5, 0.6) is 0 Å². The quantitative estimate of drug-likeness (QED) is 0.724. The Morgan fingerprint density at radius 3 is 2.80 bits per heavy atom. The number of rotatable bonds is 3. The molecule has 2 aromatic heterocycles. The summed E-state index contributed by atoms with van der Waals surface area (Å²) in [4.78, 5) is 28.9. The molecule has 5 nitrogen and oxygen atoms in total. The van der Waals surface area contributed by atoms with E-state index in [4.69, 9.17) is 0 Å². The van der Waals surface area contributed by atoms with Gasteiger partial charge >= 0.3 is 0 Å². The number of aliphatic carboxylic acids is 1. The highest BCUT2D eigenvalue weighted by molar-refractivity contribution is 7.17. The maximum atomic E-state index is 12.9. The summed E-state index contributed by atoms with van der Waals surface area (Å²) in [5.41, 5.74) is 4.21. The second kappa shape index (κ2) is 6.11. The van der Waals surface area contributed by atoms with Crippen molar-refractivity contribution in [1.29, 1.82) is 0 Å². The summed E-state index contributed by atoms with van der Waals surface area (Å²) in [6.45, 7) is 1.43. The van der Waals surface area contributed by atoms with E-state index >= 15 is 0 Å². The van der Waals surface area contributed by atoms with Gasteiger partial charge in [-0.1, -0.05) is 18.2 Å². The van der Waals surface area contributed by atoms with Crippen LogP contribution in [-0.2, 0) is 17.6 Å². The van der Waals surface area contributed by atoms with Gasteiger partial charge in [-0.25, -0.2) is 4.98 Å². The van der Waals surface area contributed by atoms with E-state index in [1.807, 2.05) is 11.4 Å². The average Bonchev–Trinajstić information content (AvgIpc) is 3.06. The number of hydrogen-bond acceptors (Lipinski definition) is 5. The van der Waals surface area contributed by atoms with Gasteiger partial charge in [0.15, 0.2) is 0 Å². The lowest BCUT2D eigenvalue weighted by atomic mass is 9.89. The van der Waals surface area contributed by atoms with E-state index in [1.165, 1.54) is 48.6 Å². The summed E-state index contributed by atoms with van der Waals surface area (Å²) in [5.74, 6) is -1.30. The first-order valence-corrected chi connectivity index (χ1v) is 9.25. The van der Waals surface area contributed by atoms with Crippen molar-refractivity contribution in [3.05, 3.63) is 51.4 Å². The van der Waals surface area contributed by atoms with Crippen LogP contribution in [0.3, 0.4) is 0 Å². The van der Waals surface area contributed by atoms with Crippen LogP contribution in [0.1, 0.15) is 36.9 Å². The fourth-order valence-corrected chi connectivity index (χ4v) is 4.35. The molecule has 0 aliphatic heterocycles. The van der Waals surface area contributed by atoms with Crippen LogP contribution < -0.4 is 10.7 Å². The number of hydrogen-bond donors (Lipinski definition) is 0. The lowest BCUT2D eigenvalue weighted by molar-refractivity contribution is -0.309. The Balaban J connectivity index is 1.90. The smallest absolute Gasteiger partial charge is 0.263 e. The Kier molecular flexibility index (Phi) is 3.92. The van der Waals surface area contributed by atoms with E-state index in [-0.39, 0.29) is 5.56 Å². The lowest BCUT2D eigenvalue weighted by Crippen LogP contribution is -2.36. The number of aromatic nitrogens is 2. The number of carbonyl (C=O) groups is 1. The minimum atomic E-state index is -1.30. The van der Waals surface area contributed by atoms with Gasteiger partial charge in [-0.05, 0) is 49.3 Å². The Morgan fingerprint density at radius 1 is 1.28 bits per heavy atom. The number of carbonyl (C=O) groups excluding carboxylic acids is 1. The first kappa shape index (κ1) is 16.0. The number of fused-ring (bicyclic) bond motifs is 2. The van der Waals surface area contributed by atoms with E-state index in [0.717, 1.165) is 28.5 Å². The first-order valence-electron chi connectivity index (χ1n) is 8.37. The van der Waals surface area contributed by atoms with E-state index < -0.39 is 12.0 Å². The van der Waals surface area contributed by atoms with Gasteiger partial charge in [-0.2, -0.15) is 0 Å². The Bertz CT molecular complexity index is 1030. The standard InChI is InChI=1S/C19H18N2O3S/c1-11(19(23)24)21-10-20-17-16(18(21)22)15(9-25-17)14-7-6-12-4-2-3-5-13(12)8-14/h6-11H,2-5H2,1H3,(H,23,24)/p-1/t11-/m1/s1. The molecule has 1 aliphatic rings. The molecule has 6 heteroatoms. The summed E-state index contributed by atoms with van der Waals surface area (Å²) in [5, 5.41) is 13.6. The topological polar surface area (TPSA) is 75.0 Å². The van der Waals surface area contributed by atoms with Crippen LogP contribution in [0.4, 0.5) is 0 Å². The van der Waals surface area contributed by atoms with Crippen LogP contribution in [-0.4, -0.2) is 15.5 Å². The molecule has 0 unspecified atom stereocenters. The highest BCUT2D eigenvalue weighted by atomic mass is 32.1. The normalized spacial score (nSPS) is 15.1. The van der Waals surface area contributed by atoms with Gasteiger partial charge in [0, 0.05) is 10.9 Å². The summed E-state index contributed by atoms with van der Waals surface area (Å²) >= 11 is 1.40. The summed E-state index contributed by atoms with van der Waals surface area (Å²) in [7, 11) is 0. The van der Waals surface area contributed by atoms with Gasteiger partial charge in [0.25, 0.3) is 5.56 Å². The van der Waals surface area contributed by atoms with Gasteiger partial charge in [0.2, 0.25) is 0 Å². The van der Waals surface area contributed by atoms with Gasteiger partial charge in [0.1, 0.15) is 4.83 Å². The van der Waals surface area contributed by atoms with Crippen LogP contribution in [0.15, 0.2) is 34.7 Å². The maximum Gasteiger partial charge on any atom is 0.263 e. The van der Waals surface area contributed by atoms with Crippen LogP contribution in [0, 0.1) is 0 Å². The van der Waals surface area contributed by atoms with Crippen molar-refractivity contribution in [1.82, 2.24) is 9.55 Å². The zero-order valence-electron chi connectivity index (χ0n) is 13.8. The Labute approximate surface area is 148 Å². The van der Waals surface area contributed by atoms with Crippen molar-refractivity contribution >= 4 is 27.5 Å². The zero-order chi connectivity index (χ0) is 17.6. The third-order valence-electron chi connectivity index (χ3n) is 4.94. The van der Waals surface area contributed by atoms with Crippen molar-refractivity contribution in [2.24, 2.45) is 0 Å². The number of thiophene rings is 1. The molecule has 1 aliphatic carbocycles. The zero-order valence-corrected chi connectivity index (χ0v) is 14.6. The predicted octanol–water partition coefficient (Wildman–Crippen LogP) is 2.31. The molecule has 0 bridgehead atoms. The maximum absolute atomic E-state index is 12.9. The Morgan fingerprint density at radius 2 is 2.04 bits per heavy atom. The van der Waals surface area contributed by atoms with Crippen LogP contribution in [0.2, 0.25) is 0 Å². The van der Waals surface area contributed by atoms with Crippen LogP contribution >= 0.6 is 11.3 Å².